The molecule has 0 aliphatic rings. The van der Waals surface area contributed by atoms with Crippen LogP contribution in [-0.4, -0.2) is 47.5 Å². The van der Waals surface area contributed by atoms with Gasteiger partial charge in [-0.15, -0.1) is 0 Å². The summed E-state index contributed by atoms with van der Waals surface area (Å²) >= 11 is 7.43. The van der Waals surface area contributed by atoms with Crippen LogP contribution in [0.2, 0.25) is 5.02 Å². The molecular weight excluding hydrogens is 468 g/mol. The number of benzene rings is 2. The van der Waals surface area contributed by atoms with Crippen LogP contribution in [-0.2, 0) is 21.4 Å². The van der Waals surface area contributed by atoms with Crippen molar-refractivity contribution in [3.8, 4) is 11.3 Å². The average molecular weight is 493 g/mol. The van der Waals surface area contributed by atoms with Crippen LogP contribution in [0.4, 0.5) is 5.69 Å². The zero-order valence-electron chi connectivity index (χ0n) is 18.2. The summed E-state index contributed by atoms with van der Waals surface area (Å²) < 4.78 is 28.1. The monoisotopic (exact) mass is 492 g/mol. The molecule has 1 heterocycles. The number of carbonyl (C=O) groups is 1. The third kappa shape index (κ3) is 5.17. The lowest BCUT2D eigenvalue weighted by atomic mass is 10.2. The van der Waals surface area contributed by atoms with E-state index in [1.54, 1.807) is 13.0 Å². The lowest BCUT2D eigenvalue weighted by Crippen LogP contribution is -2.24. The molecule has 2 aromatic carbocycles. The Balaban J connectivity index is 1.77. The largest absolute Gasteiger partial charge is 0.325 e. The lowest BCUT2D eigenvalue weighted by Gasteiger charge is -2.16. The molecule has 1 atom stereocenters. The quantitative estimate of drug-likeness (QED) is 0.465. The summed E-state index contributed by atoms with van der Waals surface area (Å²) in [5.74, 6) is -0.266. The minimum absolute atomic E-state index is 0.0590. The van der Waals surface area contributed by atoms with E-state index in [0.29, 0.717) is 12.2 Å². The number of sulfonamides is 1. The molecule has 10 heteroatoms. The van der Waals surface area contributed by atoms with Crippen molar-refractivity contribution < 1.29 is 13.2 Å². The highest BCUT2D eigenvalue weighted by atomic mass is 35.5. The number of imidazole rings is 1. The van der Waals surface area contributed by atoms with Crippen molar-refractivity contribution in [2.24, 2.45) is 0 Å². The van der Waals surface area contributed by atoms with Crippen LogP contribution in [0.1, 0.15) is 13.8 Å². The van der Waals surface area contributed by atoms with Crippen molar-refractivity contribution in [1.29, 1.82) is 0 Å². The Kier molecular flexibility index (Phi) is 7.66. The fourth-order valence-electron chi connectivity index (χ4n) is 3.03. The van der Waals surface area contributed by atoms with E-state index in [1.165, 1.54) is 38.0 Å². The zero-order chi connectivity index (χ0) is 23.5. The van der Waals surface area contributed by atoms with Gasteiger partial charge in [0.05, 0.1) is 22.2 Å². The van der Waals surface area contributed by atoms with Gasteiger partial charge >= 0.3 is 0 Å². The molecule has 3 aromatic rings. The number of hydrogen-bond acceptors (Lipinski definition) is 5. The van der Waals surface area contributed by atoms with Gasteiger partial charge < -0.3 is 9.88 Å². The molecule has 3 rings (SSSR count). The summed E-state index contributed by atoms with van der Waals surface area (Å²) in [6.07, 6.45) is 1.81. The molecule has 1 aromatic heterocycles. The predicted molar refractivity (Wildman–Crippen MR) is 130 cm³/mol. The summed E-state index contributed by atoms with van der Waals surface area (Å²) in [7, 11) is -0.884. The molecule has 0 unspecified atom stereocenters. The van der Waals surface area contributed by atoms with E-state index < -0.39 is 15.3 Å². The van der Waals surface area contributed by atoms with Gasteiger partial charge in [-0.25, -0.2) is 17.7 Å². The fraction of sp³-hybridized carbons (Fsp3) is 0.273. The van der Waals surface area contributed by atoms with Gasteiger partial charge in [0.2, 0.25) is 15.9 Å². The number of amides is 1. The maximum atomic E-state index is 12.8. The number of nitrogens with zero attached hydrogens (tertiary/aromatic N) is 3. The molecule has 0 aliphatic carbocycles. The molecule has 0 fully saturated rings. The number of carbonyl (C=O) groups excluding carboxylic acids is 1. The van der Waals surface area contributed by atoms with E-state index in [9.17, 15) is 13.2 Å². The van der Waals surface area contributed by atoms with Crippen LogP contribution in [0, 0.1) is 0 Å². The normalized spacial score (nSPS) is 12.7. The molecule has 1 amide bonds. The standard InChI is InChI=1S/C22H25ClN4O3S2/c1-5-27-19(16-9-7-6-8-10-16)14-24-22(27)31-15(2)21(28)25-17-11-12-18(23)20(13-17)32(29,30)26(3)4/h6-15H,5H2,1-4H3,(H,25,28)/t15-/m1/s1. The molecule has 170 valence electrons. The second kappa shape index (κ2) is 10.1. The third-order valence-corrected chi connectivity index (χ3v) is 8.21. The van der Waals surface area contributed by atoms with E-state index >= 15 is 0 Å². The Hall–Kier alpha value is -2.33. The predicted octanol–water partition coefficient (Wildman–Crippen LogP) is 4.59. The topological polar surface area (TPSA) is 84.3 Å². The minimum Gasteiger partial charge on any atom is -0.325 e. The highest BCUT2D eigenvalue weighted by molar-refractivity contribution is 8.00. The summed E-state index contributed by atoms with van der Waals surface area (Å²) in [6.45, 7) is 4.53. The number of aromatic nitrogens is 2. The number of halogens is 1. The van der Waals surface area contributed by atoms with Gasteiger partial charge in [0.1, 0.15) is 4.90 Å². The highest BCUT2D eigenvalue weighted by Crippen LogP contribution is 2.30. The molecule has 0 bridgehead atoms. The molecule has 1 N–H and O–H groups in total. The minimum atomic E-state index is -3.74. The Bertz CT molecular complexity index is 1210. The van der Waals surface area contributed by atoms with Crippen LogP contribution in [0.15, 0.2) is 64.8 Å². The van der Waals surface area contributed by atoms with E-state index in [-0.39, 0.29) is 15.8 Å². The Labute approximate surface area is 197 Å². The first-order chi connectivity index (χ1) is 15.1. The molecule has 32 heavy (non-hydrogen) atoms. The van der Waals surface area contributed by atoms with Crippen molar-refractivity contribution in [2.75, 3.05) is 19.4 Å². The van der Waals surface area contributed by atoms with Gasteiger partial charge in [-0.1, -0.05) is 53.7 Å². The van der Waals surface area contributed by atoms with Gasteiger partial charge in [0.15, 0.2) is 5.16 Å². The van der Waals surface area contributed by atoms with Crippen LogP contribution in [0.5, 0.6) is 0 Å². The molecule has 0 aliphatic heterocycles. The van der Waals surface area contributed by atoms with Crippen molar-refractivity contribution in [2.45, 2.75) is 35.7 Å². The van der Waals surface area contributed by atoms with Gasteiger partial charge in [-0.2, -0.15) is 0 Å². The molecule has 7 nitrogen and oxygen atoms in total. The first kappa shape index (κ1) is 24.3. The third-order valence-electron chi connectivity index (χ3n) is 4.81. The summed E-state index contributed by atoms with van der Waals surface area (Å²) in [4.78, 5) is 17.3. The van der Waals surface area contributed by atoms with Gasteiger partial charge in [0.25, 0.3) is 0 Å². The second-order valence-corrected chi connectivity index (χ2v) is 11.1. The van der Waals surface area contributed by atoms with Crippen LogP contribution < -0.4 is 5.32 Å². The van der Waals surface area contributed by atoms with Crippen LogP contribution in [0.25, 0.3) is 11.3 Å². The summed E-state index contributed by atoms with van der Waals surface area (Å²) in [5.41, 5.74) is 2.40. The Morgan fingerprint density at radius 3 is 2.53 bits per heavy atom. The first-order valence-corrected chi connectivity index (χ1v) is 12.7. The molecule has 0 saturated carbocycles. The SMILES string of the molecule is CCn1c(-c2ccccc2)cnc1S[C@H](C)C(=O)Nc1ccc(Cl)c(S(=O)(=O)N(C)C)c1. The van der Waals surface area contributed by atoms with Gasteiger partial charge in [0, 0.05) is 26.3 Å². The van der Waals surface area contributed by atoms with Gasteiger partial charge in [-0.05, 0) is 37.6 Å². The Morgan fingerprint density at radius 2 is 1.91 bits per heavy atom. The highest BCUT2D eigenvalue weighted by Gasteiger charge is 2.23. The Morgan fingerprint density at radius 1 is 1.22 bits per heavy atom. The number of hydrogen-bond donors (Lipinski definition) is 1. The smallest absolute Gasteiger partial charge is 0.244 e. The lowest BCUT2D eigenvalue weighted by molar-refractivity contribution is -0.115. The average Bonchev–Trinajstić information content (AvgIpc) is 3.17. The van der Waals surface area contributed by atoms with Crippen LogP contribution >= 0.6 is 23.4 Å². The number of thioether (sulfide) groups is 1. The molecule has 0 saturated heterocycles. The number of anilines is 1. The zero-order valence-corrected chi connectivity index (χ0v) is 20.6. The van der Waals surface area contributed by atoms with E-state index in [2.05, 4.69) is 14.9 Å². The van der Waals surface area contributed by atoms with Crippen molar-refractivity contribution in [3.63, 3.8) is 0 Å². The maximum absolute atomic E-state index is 12.8. The molecule has 0 radical (unpaired) electrons. The number of nitrogens with one attached hydrogen (secondary N) is 1. The molecule has 0 spiro atoms. The van der Waals surface area contributed by atoms with E-state index in [1.807, 2.05) is 43.5 Å². The molecular formula is C22H25ClN4O3S2. The van der Waals surface area contributed by atoms with Crippen LogP contribution in [0.3, 0.4) is 0 Å². The van der Waals surface area contributed by atoms with Gasteiger partial charge in [-0.3, -0.25) is 4.79 Å². The van der Waals surface area contributed by atoms with Crippen molar-refractivity contribution in [1.82, 2.24) is 13.9 Å². The van der Waals surface area contributed by atoms with Crippen molar-refractivity contribution in [3.05, 3.63) is 59.8 Å². The summed E-state index contributed by atoms with van der Waals surface area (Å²) in [5, 5.41) is 3.15. The number of rotatable bonds is 8. The van der Waals surface area contributed by atoms with E-state index in [4.69, 9.17) is 11.6 Å². The van der Waals surface area contributed by atoms with E-state index in [0.717, 1.165) is 20.7 Å². The summed E-state index contributed by atoms with van der Waals surface area (Å²) in [6, 6.07) is 14.4. The maximum Gasteiger partial charge on any atom is 0.244 e. The fourth-order valence-corrected chi connectivity index (χ4v) is 5.37. The first-order valence-electron chi connectivity index (χ1n) is 9.95. The van der Waals surface area contributed by atoms with Crippen molar-refractivity contribution >= 4 is 45.0 Å². The second-order valence-electron chi connectivity index (χ2n) is 7.22.